The zero-order chi connectivity index (χ0) is 58.6. The van der Waals surface area contributed by atoms with Crippen LogP contribution in [0.4, 0.5) is 56.1 Å². The van der Waals surface area contributed by atoms with Crippen molar-refractivity contribution in [3.8, 4) is 22.3 Å². The van der Waals surface area contributed by atoms with Crippen LogP contribution in [-0.4, -0.2) is 0 Å². The predicted octanol–water partition coefficient (Wildman–Crippen LogP) is 21.1. The lowest BCUT2D eigenvalue weighted by atomic mass is 9.65. The van der Waals surface area contributed by atoms with Gasteiger partial charge in [0, 0.05) is 22.7 Å². The number of anilines is 6. The molecule has 0 fully saturated rings. The lowest BCUT2D eigenvalue weighted by molar-refractivity contribution is 0.497. The Morgan fingerprint density at radius 3 is 1.67 bits per heavy atom. The molecule has 2 nitrogen and oxygen atoms in total. The first kappa shape index (κ1) is 54.7. The highest BCUT2D eigenvalue weighted by Crippen LogP contribution is 2.60. The number of hydrogen-bond acceptors (Lipinski definition) is 2. The Kier molecular flexibility index (Phi) is 14.2. The Hall–Kier alpha value is -9.85. The van der Waals surface area contributed by atoms with Gasteiger partial charge in [-0.1, -0.05) is 188 Å². The van der Waals surface area contributed by atoms with Crippen LogP contribution >= 0.6 is 0 Å². The van der Waals surface area contributed by atoms with Gasteiger partial charge in [0.2, 0.25) is 0 Å². The van der Waals surface area contributed by atoms with Gasteiger partial charge in [0.05, 0.1) is 16.5 Å². The highest BCUT2D eigenvalue weighted by Gasteiger charge is 2.49. The first-order chi connectivity index (χ1) is 40.7. The first-order valence-electron chi connectivity index (χ1n) is 28.0. The second-order valence-electron chi connectivity index (χ2n) is 21.8. The van der Waals surface area contributed by atoms with E-state index in [1.807, 2.05) is 78.9 Å². The van der Waals surface area contributed by atoms with E-state index < -0.39 is 45.6 Å². The molecular formula is C77H59F5N2. The summed E-state index contributed by atoms with van der Waals surface area (Å²) >= 11 is 0. The Bertz CT molecular complexity index is 4360. The average molecular weight is 1110 g/mol. The second kappa shape index (κ2) is 21.8. The summed E-state index contributed by atoms with van der Waals surface area (Å²) in [5, 5.41) is 0. The average Bonchev–Trinajstić information content (AvgIpc) is 1.74. The minimum Gasteiger partial charge on any atom is -0.308 e. The summed E-state index contributed by atoms with van der Waals surface area (Å²) < 4.78 is 82.0. The van der Waals surface area contributed by atoms with Crippen molar-refractivity contribution in [1.29, 1.82) is 0 Å². The SMILES string of the molecule is C=C/C=C(\C=C/CC=C)C1(c2cc(C)ccc2C)c2ccccc2-c2ccc(N(c3ccc(N(c4ccc5c(c4)C(c4ccc(C=C)cc4)(c4cc(C)ccc4C)c4ccccc4-5)c4c(F)ccc(F)c4F)cc3)c3cccc(F)c3F)cc21. The smallest absolute Gasteiger partial charge is 0.185 e. The van der Waals surface area contributed by atoms with E-state index in [0.717, 1.165) is 113 Å². The molecule has 7 heteroatoms. The Balaban J connectivity index is 1.08. The second-order valence-corrected chi connectivity index (χ2v) is 21.8. The molecule has 0 heterocycles. The van der Waals surface area contributed by atoms with Gasteiger partial charge in [0.15, 0.2) is 23.3 Å². The summed E-state index contributed by atoms with van der Waals surface area (Å²) in [4.78, 5) is 3.04. The summed E-state index contributed by atoms with van der Waals surface area (Å²) in [7, 11) is 0. The number of rotatable bonds is 15. The predicted molar refractivity (Wildman–Crippen MR) is 336 cm³/mol. The molecule has 10 aromatic rings. The Labute approximate surface area is 488 Å². The van der Waals surface area contributed by atoms with Crippen molar-refractivity contribution < 1.29 is 22.0 Å². The van der Waals surface area contributed by atoms with Crippen LogP contribution in [0.15, 0.2) is 256 Å². The van der Waals surface area contributed by atoms with Gasteiger partial charge in [0.25, 0.3) is 0 Å². The van der Waals surface area contributed by atoms with E-state index in [4.69, 9.17) is 0 Å². The van der Waals surface area contributed by atoms with E-state index in [-0.39, 0.29) is 11.4 Å². The highest BCUT2D eigenvalue weighted by atomic mass is 19.2. The van der Waals surface area contributed by atoms with Gasteiger partial charge in [-0.15, -0.1) is 6.58 Å². The molecule has 2 aliphatic carbocycles. The third kappa shape index (κ3) is 8.68. The lowest BCUT2D eigenvalue weighted by Crippen LogP contribution is -2.30. The number of benzene rings is 10. The van der Waals surface area contributed by atoms with E-state index in [1.54, 1.807) is 47.4 Å². The van der Waals surface area contributed by atoms with Crippen molar-refractivity contribution in [2.24, 2.45) is 0 Å². The van der Waals surface area contributed by atoms with Crippen LogP contribution in [-0.2, 0) is 10.8 Å². The highest BCUT2D eigenvalue weighted by molar-refractivity contribution is 5.93. The van der Waals surface area contributed by atoms with Gasteiger partial charge in [-0.3, -0.25) is 0 Å². The van der Waals surface area contributed by atoms with Crippen LogP contribution in [0.25, 0.3) is 28.3 Å². The number of aryl methyl sites for hydroxylation is 4. The summed E-state index contributed by atoms with van der Waals surface area (Å²) in [5.74, 6) is -5.75. The van der Waals surface area contributed by atoms with Crippen molar-refractivity contribution in [1.82, 2.24) is 0 Å². The molecule has 412 valence electrons. The van der Waals surface area contributed by atoms with E-state index in [0.29, 0.717) is 23.5 Å². The Morgan fingerprint density at radius 2 is 1.00 bits per heavy atom. The summed E-state index contributed by atoms with van der Waals surface area (Å²) in [5.41, 5.74) is 15.7. The zero-order valence-electron chi connectivity index (χ0n) is 47.1. The molecule has 0 radical (unpaired) electrons. The fourth-order valence-electron chi connectivity index (χ4n) is 13.2. The minimum absolute atomic E-state index is 0.0792. The molecule has 10 aromatic carbocycles. The molecule has 0 saturated heterocycles. The fourth-order valence-corrected chi connectivity index (χ4v) is 13.2. The molecule has 12 rings (SSSR count). The summed E-state index contributed by atoms with van der Waals surface area (Å²) in [6.45, 7) is 20.5. The molecule has 0 amide bonds. The van der Waals surface area contributed by atoms with Crippen LogP contribution < -0.4 is 9.80 Å². The van der Waals surface area contributed by atoms with Gasteiger partial charge < -0.3 is 9.80 Å². The number of halogens is 5. The molecule has 0 saturated carbocycles. The van der Waals surface area contributed by atoms with Gasteiger partial charge in [-0.05, 0) is 190 Å². The van der Waals surface area contributed by atoms with E-state index in [9.17, 15) is 0 Å². The van der Waals surface area contributed by atoms with Crippen LogP contribution in [0.3, 0.4) is 0 Å². The maximum Gasteiger partial charge on any atom is 0.185 e. The summed E-state index contributed by atoms with van der Waals surface area (Å²) in [6, 6.07) is 61.9. The molecule has 2 unspecified atom stereocenters. The number of hydrogen-bond donors (Lipinski definition) is 0. The normalized spacial score (nSPS) is 15.8. The first-order valence-corrected chi connectivity index (χ1v) is 28.0. The lowest BCUT2D eigenvalue weighted by Gasteiger charge is -2.37. The van der Waals surface area contributed by atoms with Gasteiger partial charge in [-0.25, -0.2) is 22.0 Å². The fraction of sp³-hybridized carbons (Fsp3) is 0.0909. The van der Waals surface area contributed by atoms with Crippen LogP contribution in [0, 0.1) is 56.8 Å². The molecule has 0 N–H and O–H groups in total. The number of nitrogens with zero attached hydrogens (tertiary/aromatic N) is 2. The van der Waals surface area contributed by atoms with Crippen molar-refractivity contribution in [2.75, 3.05) is 9.80 Å². The molecule has 0 aromatic heterocycles. The van der Waals surface area contributed by atoms with Crippen LogP contribution in [0.5, 0.6) is 0 Å². The van der Waals surface area contributed by atoms with Gasteiger partial charge in [-0.2, -0.15) is 0 Å². The maximum absolute atomic E-state index is 16.8. The molecule has 0 spiro atoms. The molecule has 0 aliphatic heterocycles. The van der Waals surface area contributed by atoms with Crippen molar-refractivity contribution in [3.05, 3.63) is 352 Å². The third-order valence-corrected chi connectivity index (χ3v) is 16.9. The number of allylic oxidation sites excluding steroid dienone is 6. The zero-order valence-corrected chi connectivity index (χ0v) is 47.1. The van der Waals surface area contributed by atoms with Crippen molar-refractivity contribution in [2.45, 2.75) is 44.9 Å². The monoisotopic (exact) mass is 1110 g/mol. The van der Waals surface area contributed by atoms with Crippen LogP contribution in [0.1, 0.15) is 73.2 Å². The standard InChI is InChI=1S/C77H59F5N2/c1-8-11-12-19-53(18-9-2)76(65-44-48(4)26-28-50(65)6)63-22-15-13-20-59(63)61-40-38-57(46-67(61)76)83(72-25-17-24-69(78)73(72)81)55-34-36-56(37-35-55)84(75-71(80)43-42-70(79)74(75)82)58-39-41-62-60-21-14-16-23-64(60)77(68(62)47-58,54-32-30-52(10-3)31-33-54)66-45-49(5)27-29-51(66)7/h8-10,12-47H,1-3,11H2,4-7H3/b19-12-,53-18+. The van der Waals surface area contributed by atoms with Gasteiger partial charge >= 0.3 is 0 Å². The Morgan fingerprint density at radius 1 is 0.452 bits per heavy atom. The molecule has 84 heavy (non-hydrogen) atoms. The molecule has 2 aliphatic rings. The largest absolute Gasteiger partial charge is 0.308 e. The molecular weight excluding hydrogens is 1050 g/mol. The minimum atomic E-state index is -1.39. The quantitative estimate of drug-likeness (QED) is 0.0437. The van der Waals surface area contributed by atoms with E-state index in [1.165, 1.54) is 17.0 Å². The van der Waals surface area contributed by atoms with Crippen molar-refractivity contribution >= 4 is 40.2 Å². The topological polar surface area (TPSA) is 6.48 Å². The van der Waals surface area contributed by atoms with E-state index >= 15 is 22.0 Å². The number of fused-ring (bicyclic) bond motifs is 6. The van der Waals surface area contributed by atoms with Gasteiger partial charge in [0.1, 0.15) is 11.5 Å². The maximum atomic E-state index is 16.8. The van der Waals surface area contributed by atoms with E-state index in [2.05, 4.69) is 132 Å². The third-order valence-electron chi connectivity index (χ3n) is 16.9. The summed E-state index contributed by atoms with van der Waals surface area (Å²) in [6.07, 6.45) is 12.3. The molecule has 0 bridgehead atoms. The van der Waals surface area contributed by atoms with Crippen molar-refractivity contribution in [3.63, 3.8) is 0 Å². The molecule has 2 atom stereocenters. The van der Waals surface area contributed by atoms with Crippen LogP contribution in [0.2, 0.25) is 0 Å².